The molecule has 1 aromatic heterocycles. The minimum atomic E-state index is -0.359. The molecule has 0 aliphatic rings. The van der Waals surface area contributed by atoms with Gasteiger partial charge in [0.1, 0.15) is 11.8 Å². The van der Waals surface area contributed by atoms with Crippen molar-refractivity contribution in [2.75, 3.05) is 7.11 Å². The molecule has 6 nitrogen and oxygen atoms in total. The summed E-state index contributed by atoms with van der Waals surface area (Å²) in [5, 5.41) is 13.1. The summed E-state index contributed by atoms with van der Waals surface area (Å²) >= 11 is 1.13. The third-order valence-corrected chi connectivity index (χ3v) is 3.15. The number of hydrogen-bond donors (Lipinski definition) is 0. The third kappa shape index (κ3) is 2.86. The molecule has 0 fully saturated rings. The van der Waals surface area contributed by atoms with E-state index in [1.807, 2.05) is 6.07 Å². The molecule has 96 valence electrons. The molecule has 0 spiro atoms. The smallest absolute Gasteiger partial charge is 0.244 e. The lowest BCUT2D eigenvalue weighted by molar-refractivity contribution is -0.116. The molecule has 0 bridgehead atoms. The van der Waals surface area contributed by atoms with Crippen molar-refractivity contribution in [2.24, 2.45) is 4.99 Å². The Kier molecular flexibility index (Phi) is 3.73. The summed E-state index contributed by atoms with van der Waals surface area (Å²) in [7, 11) is 1.59. The van der Waals surface area contributed by atoms with Gasteiger partial charge < -0.3 is 4.74 Å². The number of methoxy groups -OCH3 is 1. The van der Waals surface area contributed by atoms with Crippen LogP contribution in [0, 0.1) is 11.3 Å². The van der Waals surface area contributed by atoms with Crippen LogP contribution in [0.4, 0.5) is 0 Å². The molecule has 0 radical (unpaired) electrons. The maximum absolute atomic E-state index is 11.0. The summed E-state index contributed by atoms with van der Waals surface area (Å²) in [6, 6.07) is 9.11. The molecule has 0 saturated carbocycles. The first kappa shape index (κ1) is 13.0. The predicted molar refractivity (Wildman–Crippen MR) is 69.0 cm³/mol. The second kappa shape index (κ2) is 5.46. The Morgan fingerprint density at radius 2 is 2.16 bits per heavy atom. The van der Waals surface area contributed by atoms with Crippen molar-refractivity contribution in [1.82, 2.24) is 9.17 Å². The van der Waals surface area contributed by atoms with Crippen molar-refractivity contribution in [3.05, 3.63) is 34.6 Å². The number of nitriles is 1. The lowest BCUT2D eigenvalue weighted by Crippen LogP contribution is -2.02. The van der Waals surface area contributed by atoms with Crippen LogP contribution in [0.15, 0.2) is 29.3 Å². The van der Waals surface area contributed by atoms with Crippen molar-refractivity contribution in [3.63, 3.8) is 0 Å². The zero-order valence-corrected chi connectivity index (χ0v) is 11.1. The van der Waals surface area contributed by atoms with E-state index in [2.05, 4.69) is 10.1 Å². The lowest BCUT2D eigenvalue weighted by Gasteiger charge is -2.01. The third-order valence-electron chi connectivity index (χ3n) is 2.22. The molecule has 2 aromatic rings. The average molecular weight is 274 g/mol. The van der Waals surface area contributed by atoms with E-state index in [1.165, 1.54) is 6.92 Å². The predicted octanol–water partition coefficient (Wildman–Crippen LogP) is 1.26. The van der Waals surface area contributed by atoms with Gasteiger partial charge in [0.15, 0.2) is 10.4 Å². The van der Waals surface area contributed by atoms with E-state index in [9.17, 15) is 4.79 Å². The Balaban J connectivity index is 2.49. The van der Waals surface area contributed by atoms with E-state index in [0.717, 1.165) is 23.0 Å². The zero-order chi connectivity index (χ0) is 13.8. The first-order chi connectivity index (χ1) is 9.13. The second-order valence-electron chi connectivity index (χ2n) is 3.56. The first-order valence-electron chi connectivity index (χ1n) is 5.34. The number of carbonyl (C=O) groups is 1. The van der Waals surface area contributed by atoms with Crippen LogP contribution in [0.5, 0.6) is 5.75 Å². The van der Waals surface area contributed by atoms with E-state index >= 15 is 0 Å². The lowest BCUT2D eigenvalue weighted by atomic mass is 10.3. The molecule has 0 aliphatic heterocycles. The van der Waals surface area contributed by atoms with Crippen molar-refractivity contribution in [1.29, 1.82) is 5.26 Å². The van der Waals surface area contributed by atoms with Crippen molar-refractivity contribution in [3.8, 4) is 17.5 Å². The molecule has 0 atom stereocenters. The molecule has 0 aliphatic carbocycles. The van der Waals surface area contributed by atoms with Crippen molar-refractivity contribution < 1.29 is 9.53 Å². The maximum Gasteiger partial charge on any atom is 0.244 e. The van der Waals surface area contributed by atoms with E-state index in [1.54, 1.807) is 35.4 Å². The highest BCUT2D eigenvalue weighted by molar-refractivity contribution is 7.04. The summed E-state index contributed by atoms with van der Waals surface area (Å²) in [6.07, 6.45) is 0. The van der Waals surface area contributed by atoms with Crippen LogP contribution in [-0.4, -0.2) is 22.2 Å². The summed E-state index contributed by atoms with van der Waals surface area (Å²) in [5.74, 6) is 0.372. The van der Waals surface area contributed by atoms with Gasteiger partial charge in [-0.05, 0) is 35.8 Å². The van der Waals surface area contributed by atoms with E-state index in [0.29, 0.717) is 4.67 Å². The number of rotatable bonds is 2. The molecule has 0 unspecified atom stereocenters. The van der Waals surface area contributed by atoms with Gasteiger partial charge in [-0.25, -0.2) is 0 Å². The van der Waals surface area contributed by atoms with Crippen LogP contribution >= 0.6 is 11.5 Å². The second-order valence-corrected chi connectivity index (χ2v) is 4.47. The number of hydrogen-bond acceptors (Lipinski definition) is 5. The summed E-state index contributed by atoms with van der Waals surface area (Å²) < 4.78 is 6.92. The van der Waals surface area contributed by atoms with Gasteiger partial charge in [0, 0.05) is 6.92 Å². The van der Waals surface area contributed by atoms with Gasteiger partial charge in [0.2, 0.25) is 5.91 Å². The molecular formula is C12H10N4O2S. The van der Waals surface area contributed by atoms with Gasteiger partial charge in [-0.3, -0.25) is 4.79 Å². The van der Waals surface area contributed by atoms with E-state index < -0.39 is 0 Å². The SMILES string of the molecule is COc1ccc(-n2nc(C#N)c(=NC(C)=O)s2)cc1. The van der Waals surface area contributed by atoms with Crippen LogP contribution in [0.1, 0.15) is 12.6 Å². The fourth-order valence-electron chi connectivity index (χ4n) is 1.39. The quantitative estimate of drug-likeness (QED) is 0.825. The van der Waals surface area contributed by atoms with E-state index in [-0.39, 0.29) is 11.6 Å². The van der Waals surface area contributed by atoms with Crippen molar-refractivity contribution in [2.45, 2.75) is 6.92 Å². The summed E-state index contributed by atoms with van der Waals surface area (Å²) in [5.41, 5.74) is 0.906. The van der Waals surface area contributed by atoms with Gasteiger partial charge >= 0.3 is 0 Å². The van der Waals surface area contributed by atoms with Crippen LogP contribution in [0.25, 0.3) is 5.69 Å². The molecule has 1 amide bonds. The average Bonchev–Trinajstić information content (AvgIpc) is 2.81. The minimum absolute atomic E-state index is 0.135. The fraction of sp³-hybridized carbons (Fsp3) is 0.167. The highest BCUT2D eigenvalue weighted by atomic mass is 32.1. The van der Waals surface area contributed by atoms with Gasteiger partial charge in [-0.1, -0.05) is 0 Å². The maximum atomic E-state index is 11.0. The topological polar surface area (TPSA) is 80.3 Å². The Hall–Kier alpha value is -2.46. The number of benzene rings is 1. The van der Waals surface area contributed by atoms with Gasteiger partial charge in [0.25, 0.3) is 0 Å². The van der Waals surface area contributed by atoms with Crippen LogP contribution < -0.4 is 9.41 Å². The molecule has 0 N–H and O–H groups in total. The van der Waals surface area contributed by atoms with Crippen LogP contribution in [0.2, 0.25) is 0 Å². The Morgan fingerprint density at radius 1 is 1.47 bits per heavy atom. The number of aromatic nitrogens is 2. The van der Waals surface area contributed by atoms with Gasteiger partial charge in [-0.15, -0.1) is 5.10 Å². The molecule has 2 rings (SSSR count). The van der Waals surface area contributed by atoms with Crippen molar-refractivity contribution >= 4 is 17.4 Å². The molecule has 1 heterocycles. The molecule has 19 heavy (non-hydrogen) atoms. The number of ether oxygens (including phenoxy) is 1. The first-order valence-corrected chi connectivity index (χ1v) is 6.12. The number of amides is 1. The Morgan fingerprint density at radius 3 is 2.68 bits per heavy atom. The summed E-state index contributed by atoms with van der Waals surface area (Å²) in [6.45, 7) is 1.33. The Labute approximate surface area is 113 Å². The normalized spacial score (nSPS) is 11.1. The Bertz CT molecular complexity index is 707. The molecule has 7 heteroatoms. The zero-order valence-electron chi connectivity index (χ0n) is 10.3. The number of carbonyl (C=O) groups excluding carboxylic acids is 1. The minimum Gasteiger partial charge on any atom is -0.497 e. The van der Waals surface area contributed by atoms with Gasteiger partial charge in [-0.2, -0.15) is 14.3 Å². The summed E-state index contributed by atoms with van der Waals surface area (Å²) in [4.78, 5) is 14.7. The van der Waals surface area contributed by atoms with Crippen LogP contribution in [-0.2, 0) is 4.79 Å². The standard InChI is InChI=1S/C12H10N4O2S/c1-8(17)14-12-11(7-13)15-16(19-12)9-3-5-10(18-2)6-4-9/h3-6H,1-2H3. The largest absolute Gasteiger partial charge is 0.497 e. The molecular weight excluding hydrogens is 264 g/mol. The highest BCUT2D eigenvalue weighted by Gasteiger charge is 2.07. The molecule has 1 aromatic carbocycles. The van der Waals surface area contributed by atoms with Gasteiger partial charge in [0.05, 0.1) is 12.8 Å². The monoisotopic (exact) mass is 274 g/mol. The fourth-order valence-corrected chi connectivity index (χ4v) is 2.24. The molecule has 0 saturated heterocycles. The van der Waals surface area contributed by atoms with Crippen LogP contribution in [0.3, 0.4) is 0 Å². The number of nitrogens with zero attached hydrogens (tertiary/aromatic N) is 4. The highest BCUT2D eigenvalue weighted by Crippen LogP contribution is 2.15. The van der Waals surface area contributed by atoms with E-state index in [4.69, 9.17) is 10.00 Å².